The molecular weight excluding hydrogens is 400 g/mol. The van der Waals surface area contributed by atoms with E-state index in [0.29, 0.717) is 43.2 Å². The Morgan fingerprint density at radius 2 is 1.71 bits per heavy atom. The van der Waals surface area contributed by atoms with Gasteiger partial charge in [-0.2, -0.15) is 0 Å². The van der Waals surface area contributed by atoms with Crippen LogP contribution >= 0.6 is 0 Å². The summed E-state index contributed by atoms with van der Waals surface area (Å²) in [5.41, 5.74) is -0.248. The Balaban J connectivity index is 1.59. The van der Waals surface area contributed by atoms with Gasteiger partial charge in [0.1, 0.15) is 5.56 Å². The van der Waals surface area contributed by atoms with E-state index in [0.717, 1.165) is 4.57 Å². The number of H-pyrrole nitrogens is 1. The number of benzene rings is 2. The summed E-state index contributed by atoms with van der Waals surface area (Å²) in [6.45, 7) is 2.16. The summed E-state index contributed by atoms with van der Waals surface area (Å²) in [5, 5.41) is 10.5. The monoisotopic (exact) mass is 420 g/mol. The number of nitrogens with one attached hydrogen (secondary N) is 1. The van der Waals surface area contributed by atoms with E-state index >= 15 is 0 Å². The van der Waals surface area contributed by atoms with Gasteiger partial charge in [0.25, 0.3) is 11.5 Å². The number of para-hydroxylation sites is 1. The molecule has 31 heavy (non-hydrogen) atoms. The van der Waals surface area contributed by atoms with Crippen LogP contribution in [-0.4, -0.2) is 58.0 Å². The number of aromatic nitrogens is 2. The molecule has 0 aliphatic carbocycles. The minimum Gasteiger partial charge on any atom is -0.493 e. The van der Waals surface area contributed by atoms with Crippen molar-refractivity contribution in [3.8, 4) is 11.6 Å². The molecule has 0 atom stereocenters. The number of carbonyl (C=O) groups excluding carboxylic acids is 1. The van der Waals surface area contributed by atoms with Gasteiger partial charge in [-0.1, -0.05) is 18.2 Å². The van der Waals surface area contributed by atoms with Crippen molar-refractivity contribution in [2.24, 2.45) is 4.99 Å². The van der Waals surface area contributed by atoms with Gasteiger partial charge in [0.05, 0.1) is 24.6 Å². The van der Waals surface area contributed by atoms with Crippen molar-refractivity contribution >= 4 is 17.8 Å². The predicted molar refractivity (Wildman–Crippen MR) is 115 cm³/mol. The van der Waals surface area contributed by atoms with Crippen LogP contribution < -0.4 is 11.2 Å². The van der Waals surface area contributed by atoms with Gasteiger partial charge in [0, 0.05) is 24.9 Å². The molecule has 0 spiro atoms. The predicted octanol–water partition coefficient (Wildman–Crippen LogP) is 1.45. The van der Waals surface area contributed by atoms with Gasteiger partial charge >= 0.3 is 5.69 Å². The fourth-order valence-electron chi connectivity index (χ4n) is 3.25. The summed E-state index contributed by atoms with van der Waals surface area (Å²) in [5.74, 6) is -0.592. The van der Waals surface area contributed by atoms with Crippen LogP contribution in [0.4, 0.5) is 5.69 Å². The Labute approximate surface area is 176 Å². The maximum absolute atomic E-state index is 12.5. The van der Waals surface area contributed by atoms with Crippen molar-refractivity contribution in [1.29, 1.82) is 0 Å². The molecule has 2 heterocycles. The third-order valence-corrected chi connectivity index (χ3v) is 4.89. The molecule has 1 amide bonds. The van der Waals surface area contributed by atoms with E-state index < -0.39 is 17.1 Å². The third kappa shape index (κ3) is 4.31. The zero-order chi connectivity index (χ0) is 21.8. The van der Waals surface area contributed by atoms with Crippen LogP contribution in [0.3, 0.4) is 0 Å². The third-order valence-electron chi connectivity index (χ3n) is 4.89. The lowest BCUT2D eigenvalue weighted by Crippen LogP contribution is -2.40. The van der Waals surface area contributed by atoms with E-state index in [-0.39, 0.29) is 11.5 Å². The average molecular weight is 420 g/mol. The SMILES string of the molecule is O=C(c1ccc(N=Cc2c(O)n(-c3ccccc3)c(=O)[nH]c2=O)cc1)N1CCOCC1. The summed E-state index contributed by atoms with van der Waals surface area (Å²) < 4.78 is 6.25. The molecule has 158 valence electrons. The standard InChI is InChI=1S/C22H20N4O5/c27-19-18(21(29)26(22(30)24-19)17-4-2-1-3-5-17)14-23-16-8-6-15(7-9-16)20(28)25-10-12-31-13-11-25/h1-9,14,29H,10-13H2,(H,24,27,30). The molecule has 1 aliphatic rings. The number of nitrogens with zero attached hydrogens (tertiary/aromatic N) is 3. The first-order valence-electron chi connectivity index (χ1n) is 9.69. The highest BCUT2D eigenvalue weighted by molar-refractivity contribution is 5.94. The molecule has 0 radical (unpaired) electrons. The largest absolute Gasteiger partial charge is 0.493 e. The maximum atomic E-state index is 12.5. The second kappa shape index (κ2) is 8.80. The number of carbonyl (C=O) groups is 1. The Kier molecular flexibility index (Phi) is 5.76. The number of hydrogen-bond acceptors (Lipinski definition) is 6. The highest BCUT2D eigenvalue weighted by Crippen LogP contribution is 2.18. The van der Waals surface area contributed by atoms with E-state index in [4.69, 9.17) is 4.74 Å². The number of hydrogen-bond donors (Lipinski definition) is 2. The van der Waals surface area contributed by atoms with Crippen LogP contribution in [0.5, 0.6) is 5.88 Å². The molecule has 1 aliphatic heterocycles. The minimum absolute atomic E-state index is 0.0807. The quantitative estimate of drug-likeness (QED) is 0.620. The Bertz CT molecular complexity index is 1220. The zero-order valence-corrected chi connectivity index (χ0v) is 16.5. The molecule has 4 rings (SSSR count). The molecule has 3 aromatic rings. The maximum Gasteiger partial charge on any atom is 0.335 e. The number of aromatic hydroxyl groups is 1. The van der Waals surface area contributed by atoms with E-state index in [1.165, 1.54) is 6.21 Å². The summed E-state index contributed by atoms with van der Waals surface area (Å²) in [6.07, 6.45) is 1.19. The Hall–Kier alpha value is -3.98. The van der Waals surface area contributed by atoms with Crippen molar-refractivity contribution < 1.29 is 14.6 Å². The molecule has 0 saturated carbocycles. The first kappa shape index (κ1) is 20.3. The van der Waals surface area contributed by atoms with Gasteiger partial charge in [-0.3, -0.25) is 19.6 Å². The van der Waals surface area contributed by atoms with Crippen molar-refractivity contribution in [1.82, 2.24) is 14.5 Å². The smallest absolute Gasteiger partial charge is 0.335 e. The highest BCUT2D eigenvalue weighted by Gasteiger charge is 2.18. The topological polar surface area (TPSA) is 117 Å². The Morgan fingerprint density at radius 1 is 1.03 bits per heavy atom. The molecular formula is C22H20N4O5. The summed E-state index contributed by atoms with van der Waals surface area (Å²) in [4.78, 5) is 45.0. The van der Waals surface area contributed by atoms with Gasteiger partial charge < -0.3 is 14.7 Å². The fourth-order valence-corrected chi connectivity index (χ4v) is 3.25. The molecule has 1 fully saturated rings. The van der Waals surface area contributed by atoms with E-state index in [1.54, 1.807) is 59.5 Å². The van der Waals surface area contributed by atoms with Crippen LogP contribution in [0.25, 0.3) is 5.69 Å². The molecule has 9 heteroatoms. The number of aromatic amines is 1. The van der Waals surface area contributed by atoms with Crippen molar-refractivity contribution in [2.75, 3.05) is 26.3 Å². The first-order valence-corrected chi connectivity index (χ1v) is 9.69. The van der Waals surface area contributed by atoms with Crippen LogP contribution in [0.2, 0.25) is 0 Å². The highest BCUT2D eigenvalue weighted by atomic mass is 16.5. The number of aliphatic imine (C=N–C) groups is 1. The lowest BCUT2D eigenvalue weighted by Gasteiger charge is -2.26. The summed E-state index contributed by atoms with van der Waals surface area (Å²) in [6, 6.07) is 15.0. The van der Waals surface area contributed by atoms with Crippen LogP contribution in [0.15, 0.2) is 69.2 Å². The number of amides is 1. The Morgan fingerprint density at radius 3 is 2.39 bits per heavy atom. The van der Waals surface area contributed by atoms with Gasteiger partial charge in [0.15, 0.2) is 0 Å². The van der Waals surface area contributed by atoms with E-state index in [1.807, 2.05) is 0 Å². The van der Waals surface area contributed by atoms with Crippen LogP contribution in [-0.2, 0) is 4.74 Å². The fraction of sp³-hybridized carbons (Fsp3) is 0.182. The van der Waals surface area contributed by atoms with Crippen LogP contribution in [0.1, 0.15) is 15.9 Å². The van der Waals surface area contributed by atoms with Crippen LogP contribution in [0, 0.1) is 0 Å². The average Bonchev–Trinajstić information content (AvgIpc) is 2.80. The lowest BCUT2D eigenvalue weighted by molar-refractivity contribution is 0.0303. The number of rotatable bonds is 4. The number of morpholine rings is 1. The molecule has 2 N–H and O–H groups in total. The van der Waals surface area contributed by atoms with Crippen molar-refractivity contribution in [2.45, 2.75) is 0 Å². The first-order chi connectivity index (χ1) is 15.0. The summed E-state index contributed by atoms with van der Waals surface area (Å²) >= 11 is 0. The van der Waals surface area contributed by atoms with Crippen molar-refractivity contribution in [3.63, 3.8) is 0 Å². The number of ether oxygens (including phenoxy) is 1. The molecule has 1 aromatic heterocycles. The zero-order valence-electron chi connectivity index (χ0n) is 16.5. The minimum atomic E-state index is -0.753. The van der Waals surface area contributed by atoms with E-state index in [9.17, 15) is 19.5 Å². The van der Waals surface area contributed by atoms with Gasteiger partial charge in [-0.25, -0.2) is 9.36 Å². The summed E-state index contributed by atoms with van der Waals surface area (Å²) in [7, 11) is 0. The van der Waals surface area contributed by atoms with Gasteiger partial charge in [0.2, 0.25) is 5.88 Å². The molecule has 0 unspecified atom stereocenters. The van der Waals surface area contributed by atoms with Crippen molar-refractivity contribution in [3.05, 3.63) is 86.6 Å². The second-order valence-corrected chi connectivity index (χ2v) is 6.88. The molecule has 9 nitrogen and oxygen atoms in total. The second-order valence-electron chi connectivity index (χ2n) is 6.88. The normalized spacial score (nSPS) is 14.1. The van der Waals surface area contributed by atoms with E-state index in [2.05, 4.69) is 9.98 Å². The molecule has 1 saturated heterocycles. The van der Waals surface area contributed by atoms with Gasteiger partial charge in [-0.15, -0.1) is 0 Å². The lowest BCUT2D eigenvalue weighted by atomic mass is 10.1. The van der Waals surface area contributed by atoms with Gasteiger partial charge in [-0.05, 0) is 36.4 Å². The molecule has 2 aromatic carbocycles. The molecule has 0 bridgehead atoms.